The van der Waals surface area contributed by atoms with Crippen molar-refractivity contribution in [2.24, 2.45) is 17.8 Å². The number of fused-ring (bicyclic) bond motifs is 1. The van der Waals surface area contributed by atoms with Gasteiger partial charge < -0.3 is 19.5 Å². The van der Waals surface area contributed by atoms with E-state index in [0.29, 0.717) is 18.2 Å². The van der Waals surface area contributed by atoms with Crippen LogP contribution in [-0.4, -0.2) is 39.0 Å². The van der Waals surface area contributed by atoms with Gasteiger partial charge in [0.2, 0.25) is 0 Å². The Morgan fingerprint density at radius 3 is 2.79 bits per heavy atom. The maximum absolute atomic E-state index is 6.09. The van der Waals surface area contributed by atoms with E-state index in [2.05, 4.69) is 25.2 Å². The highest BCUT2D eigenvalue weighted by Crippen LogP contribution is 2.53. The van der Waals surface area contributed by atoms with E-state index < -0.39 is 0 Å². The van der Waals surface area contributed by atoms with E-state index in [-0.39, 0.29) is 0 Å². The van der Waals surface area contributed by atoms with Crippen molar-refractivity contribution >= 4 is 0 Å². The topological polar surface area (TPSA) is 39.7 Å². The molecule has 1 saturated heterocycles. The number of nitrogens with one attached hydrogen (secondary N) is 1. The van der Waals surface area contributed by atoms with Crippen molar-refractivity contribution in [3.63, 3.8) is 0 Å². The monoisotopic (exact) mass is 331 g/mol. The van der Waals surface area contributed by atoms with Gasteiger partial charge in [0.25, 0.3) is 0 Å². The van der Waals surface area contributed by atoms with Gasteiger partial charge >= 0.3 is 0 Å². The van der Waals surface area contributed by atoms with Crippen LogP contribution < -0.4 is 14.8 Å². The molecular formula is C20H29NO3. The molecule has 0 amide bonds. The molecule has 132 valence electrons. The van der Waals surface area contributed by atoms with Crippen molar-refractivity contribution in [3.8, 4) is 11.5 Å². The maximum atomic E-state index is 6.09. The summed E-state index contributed by atoms with van der Waals surface area (Å²) < 4.78 is 17.0. The fourth-order valence-electron chi connectivity index (χ4n) is 5.38. The lowest BCUT2D eigenvalue weighted by molar-refractivity contribution is 0.0726. The SMILES string of the molecule is COc1ccc(CC(C)NC2C3CC4COC2C4C3)c(C)c1OC. The van der Waals surface area contributed by atoms with Crippen molar-refractivity contribution in [2.75, 3.05) is 20.8 Å². The van der Waals surface area contributed by atoms with Crippen molar-refractivity contribution in [3.05, 3.63) is 23.3 Å². The Hall–Kier alpha value is -1.26. The van der Waals surface area contributed by atoms with Crippen molar-refractivity contribution in [1.82, 2.24) is 5.32 Å². The molecule has 24 heavy (non-hydrogen) atoms. The first kappa shape index (κ1) is 16.2. The Morgan fingerprint density at radius 2 is 2.04 bits per heavy atom. The Kier molecular flexibility index (Phi) is 4.21. The molecule has 0 radical (unpaired) electrons. The minimum Gasteiger partial charge on any atom is -0.493 e. The molecule has 1 N–H and O–H groups in total. The van der Waals surface area contributed by atoms with Gasteiger partial charge in [0.1, 0.15) is 0 Å². The highest BCUT2D eigenvalue weighted by Gasteiger charge is 2.57. The van der Waals surface area contributed by atoms with E-state index in [1.165, 1.54) is 24.0 Å². The van der Waals surface area contributed by atoms with Gasteiger partial charge in [-0.25, -0.2) is 0 Å². The third kappa shape index (κ3) is 2.51. The molecule has 4 rings (SSSR count). The summed E-state index contributed by atoms with van der Waals surface area (Å²) in [6, 6.07) is 5.14. The van der Waals surface area contributed by atoms with Gasteiger partial charge in [0.05, 0.1) is 26.9 Å². The Labute approximate surface area is 144 Å². The zero-order valence-corrected chi connectivity index (χ0v) is 15.2. The molecule has 1 aromatic carbocycles. The minimum atomic E-state index is 0.425. The van der Waals surface area contributed by atoms with Gasteiger partial charge in [-0.15, -0.1) is 0 Å². The van der Waals surface area contributed by atoms with Crippen LogP contribution in [0.1, 0.15) is 30.9 Å². The summed E-state index contributed by atoms with van der Waals surface area (Å²) in [6.07, 6.45) is 4.19. The van der Waals surface area contributed by atoms with Gasteiger partial charge in [0, 0.05) is 12.1 Å². The molecule has 1 aliphatic heterocycles. The number of methoxy groups -OCH3 is 2. The van der Waals surface area contributed by atoms with Crippen LogP contribution in [0.2, 0.25) is 0 Å². The molecule has 4 nitrogen and oxygen atoms in total. The predicted molar refractivity (Wildman–Crippen MR) is 93.8 cm³/mol. The van der Waals surface area contributed by atoms with Crippen LogP contribution >= 0.6 is 0 Å². The summed E-state index contributed by atoms with van der Waals surface area (Å²) in [5, 5.41) is 3.88. The first-order valence-electron chi connectivity index (χ1n) is 9.20. The van der Waals surface area contributed by atoms with Crippen LogP contribution in [0.5, 0.6) is 11.5 Å². The molecule has 1 aromatic rings. The molecule has 4 heteroatoms. The quantitative estimate of drug-likeness (QED) is 0.870. The van der Waals surface area contributed by atoms with Crippen LogP contribution in [0.15, 0.2) is 12.1 Å². The number of benzene rings is 1. The van der Waals surface area contributed by atoms with E-state index >= 15 is 0 Å². The molecule has 2 saturated carbocycles. The first-order chi connectivity index (χ1) is 11.6. The van der Waals surface area contributed by atoms with E-state index in [4.69, 9.17) is 14.2 Å². The number of hydrogen-bond donors (Lipinski definition) is 1. The van der Waals surface area contributed by atoms with Crippen LogP contribution in [0.4, 0.5) is 0 Å². The molecular weight excluding hydrogens is 302 g/mol. The number of ether oxygens (including phenoxy) is 3. The lowest BCUT2D eigenvalue weighted by Crippen LogP contribution is -2.48. The van der Waals surface area contributed by atoms with E-state index in [1.54, 1.807) is 14.2 Å². The molecule has 0 aromatic heterocycles. The molecule has 6 atom stereocenters. The molecule has 3 fully saturated rings. The van der Waals surface area contributed by atoms with E-state index in [9.17, 15) is 0 Å². The molecule has 6 unspecified atom stereocenters. The van der Waals surface area contributed by atoms with Crippen molar-refractivity contribution < 1.29 is 14.2 Å². The predicted octanol–water partition coefficient (Wildman–Crippen LogP) is 2.96. The van der Waals surface area contributed by atoms with Crippen LogP contribution in [0.3, 0.4) is 0 Å². The highest BCUT2D eigenvalue weighted by molar-refractivity contribution is 5.50. The van der Waals surface area contributed by atoms with Gasteiger partial charge in [-0.1, -0.05) is 6.07 Å². The molecule has 3 aliphatic rings. The number of rotatable bonds is 6. The maximum Gasteiger partial charge on any atom is 0.163 e. The summed E-state index contributed by atoms with van der Waals surface area (Å²) in [5.41, 5.74) is 2.50. The minimum absolute atomic E-state index is 0.425. The highest BCUT2D eigenvalue weighted by atomic mass is 16.5. The standard InChI is InChI=1S/C20H29NO3/c1-11(7-13-5-6-17(22-3)19(23-4)12(13)2)21-18-14-8-15-10-24-20(18)16(15)9-14/h5-6,11,14-16,18,20-21H,7-10H2,1-4H3. The molecule has 1 heterocycles. The summed E-state index contributed by atoms with van der Waals surface area (Å²) >= 11 is 0. The van der Waals surface area contributed by atoms with E-state index in [1.807, 2.05) is 6.07 Å². The van der Waals surface area contributed by atoms with Crippen LogP contribution in [-0.2, 0) is 11.2 Å². The smallest absolute Gasteiger partial charge is 0.163 e. The van der Waals surface area contributed by atoms with Crippen molar-refractivity contribution in [2.45, 2.75) is 51.3 Å². The summed E-state index contributed by atoms with van der Waals surface area (Å²) in [5.74, 6) is 4.15. The van der Waals surface area contributed by atoms with E-state index in [0.717, 1.165) is 42.3 Å². The summed E-state index contributed by atoms with van der Waals surface area (Å²) in [7, 11) is 3.39. The lowest BCUT2D eigenvalue weighted by Gasteiger charge is -2.31. The van der Waals surface area contributed by atoms with Gasteiger partial charge in [-0.2, -0.15) is 0 Å². The second-order valence-corrected chi connectivity index (χ2v) is 7.84. The third-order valence-electron chi connectivity index (χ3n) is 6.48. The zero-order chi connectivity index (χ0) is 16.8. The normalized spacial score (nSPS) is 34.6. The Morgan fingerprint density at radius 1 is 1.21 bits per heavy atom. The average molecular weight is 331 g/mol. The second-order valence-electron chi connectivity index (χ2n) is 7.84. The van der Waals surface area contributed by atoms with Gasteiger partial charge in [-0.05, 0) is 68.1 Å². The average Bonchev–Trinajstić information content (AvgIpc) is 3.19. The van der Waals surface area contributed by atoms with Gasteiger partial charge in [-0.3, -0.25) is 0 Å². The Bertz CT molecular complexity index is 615. The molecule has 2 aliphatic carbocycles. The van der Waals surface area contributed by atoms with Gasteiger partial charge in [0.15, 0.2) is 11.5 Å². The fourth-order valence-corrected chi connectivity index (χ4v) is 5.38. The third-order valence-corrected chi connectivity index (χ3v) is 6.48. The van der Waals surface area contributed by atoms with Crippen molar-refractivity contribution in [1.29, 1.82) is 0 Å². The van der Waals surface area contributed by atoms with Crippen LogP contribution in [0.25, 0.3) is 0 Å². The first-order valence-corrected chi connectivity index (χ1v) is 9.20. The summed E-state index contributed by atoms with van der Waals surface area (Å²) in [4.78, 5) is 0. The van der Waals surface area contributed by atoms with Crippen LogP contribution in [0, 0.1) is 24.7 Å². The largest absolute Gasteiger partial charge is 0.493 e. The lowest BCUT2D eigenvalue weighted by atomic mass is 9.86. The summed E-state index contributed by atoms with van der Waals surface area (Å²) in [6.45, 7) is 5.40. The zero-order valence-electron chi connectivity index (χ0n) is 15.2. The number of hydrogen-bond acceptors (Lipinski definition) is 4. The Balaban J connectivity index is 1.44. The molecule has 2 bridgehead atoms. The molecule has 0 spiro atoms. The second kappa shape index (κ2) is 6.23. The fraction of sp³-hybridized carbons (Fsp3) is 0.700.